The molecule has 2 heterocycles. The Morgan fingerprint density at radius 3 is 2.62 bits per heavy atom. The van der Waals surface area contributed by atoms with E-state index in [9.17, 15) is 0 Å². The SMILES string of the molecule is Clc1ccc(CC2(CCCn3ccnc3)SCCS2)cc1. The van der Waals surface area contributed by atoms with E-state index in [1.54, 1.807) is 0 Å². The Hall–Kier alpha value is -0.580. The minimum atomic E-state index is 0.342. The van der Waals surface area contributed by atoms with Crippen LogP contribution in [-0.2, 0) is 13.0 Å². The molecule has 2 nitrogen and oxygen atoms in total. The van der Waals surface area contributed by atoms with Gasteiger partial charge in [-0.15, -0.1) is 23.5 Å². The highest BCUT2D eigenvalue weighted by molar-refractivity contribution is 8.21. The zero-order valence-corrected chi connectivity index (χ0v) is 14.3. The summed E-state index contributed by atoms with van der Waals surface area (Å²) in [6, 6.07) is 8.33. The number of hydrogen-bond acceptors (Lipinski definition) is 3. The van der Waals surface area contributed by atoms with Crippen LogP contribution in [0.2, 0.25) is 5.02 Å². The smallest absolute Gasteiger partial charge is 0.0945 e. The fourth-order valence-electron chi connectivity index (χ4n) is 2.70. The van der Waals surface area contributed by atoms with E-state index in [0.29, 0.717) is 4.08 Å². The van der Waals surface area contributed by atoms with Gasteiger partial charge in [-0.25, -0.2) is 4.98 Å². The molecule has 2 aromatic rings. The first-order valence-electron chi connectivity index (χ1n) is 7.24. The number of thioether (sulfide) groups is 2. The molecule has 0 aliphatic carbocycles. The highest BCUT2D eigenvalue weighted by Crippen LogP contribution is 2.49. The maximum atomic E-state index is 5.98. The monoisotopic (exact) mass is 338 g/mol. The van der Waals surface area contributed by atoms with Crippen molar-refractivity contribution < 1.29 is 0 Å². The van der Waals surface area contributed by atoms with Crippen LogP contribution >= 0.6 is 35.1 Å². The molecule has 1 aliphatic rings. The number of halogens is 1. The van der Waals surface area contributed by atoms with Gasteiger partial charge in [0, 0.05) is 35.5 Å². The molecular formula is C16H19ClN2S2. The Labute approximate surface area is 139 Å². The third-order valence-electron chi connectivity index (χ3n) is 3.73. The van der Waals surface area contributed by atoms with Gasteiger partial charge in [0.2, 0.25) is 0 Å². The maximum Gasteiger partial charge on any atom is 0.0945 e. The first-order chi connectivity index (χ1) is 10.3. The molecule has 3 rings (SSSR count). The molecular weight excluding hydrogens is 320 g/mol. The second-order valence-electron chi connectivity index (χ2n) is 5.31. The van der Waals surface area contributed by atoms with Crippen LogP contribution in [0, 0.1) is 0 Å². The summed E-state index contributed by atoms with van der Waals surface area (Å²) in [6.45, 7) is 1.06. The average molecular weight is 339 g/mol. The third-order valence-corrected chi connectivity index (χ3v) is 7.52. The molecule has 5 heteroatoms. The quantitative estimate of drug-likeness (QED) is 0.758. The van der Waals surface area contributed by atoms with Gasteiger partial charge in [-0.05, 0) is 37.0 Å². The molecule has 0 unspecified atom stereocenters. The van der Waals surface area contributed by atoms with E-state index in [2.05, 4.69) is 45.2 Å². The summed E-state index contributed by atoms with van der Waals surface area (Å²) >= 11 is 10.2. The second kappa shape index (κ2) is 7.12. The lowest BCUT2D eigenvalue weighted by Gasteiger charge is -2.27. The number of rotatable bonds is 6. The van der Waals surface area contributed by atoms with Crippen molar-refractivity contribution >= 4 is 35.1 Å². The van der Waals surface area contributed by atoms with E-state index in [1.165, 1.54) is 29.9 Å². The van der Waals surface area contributed by atoms with Crippen LogP contribution in [0.4, 0.5) is 0 Å². The van der Waals surface area contributed by atoms with Gasteiger partial charge in [0.15, 0.2) is 0 Å². The Balaban J connectivity index is 1.60. The number of nitrogens with zero attached hydrogens (tertiary/aromatic N) is 2. The Kier molecular flexibility index (Phi) is 5.19. The minimum Gasteiger partial charge on any atom is -0.337 e. The van der Waals surface area contributed by atoms with Crippen LogP contribution in [0.5, 0.6) is 0 Å². The molecule has 112 valence electrons. The van der Waals surface area contributed by atoms with Gasteiger partial charge < -0.3 is 4.57 Å². The summed E-state index contributed by atoms with van der Waals surface area (Å²) in [6.07, 6.45) is 9.36. The largest absolute Gasteiger partial charge is 0.337 e. The predicted octanol–water partition coefficient (Wildman–Crippen LogP) is 4.74. The molecule has 1 aromatic heterocycles. The number of aromatic nitrogens is 2. The Morgan fingerprint density at radius 2 is 1.95 bits per heavy atom. The predicted molar refractivity (Wildman–Crippen MR) is 94.3 cm³/mol. The zero-order valence-electron chi connectivity index (χ0n) is 11.9. The second-order valence-corrected chi connectivity index (χ2v) is 8.97. The Bertz CT molecular complexity index is 548. The van der Waals surface area contributed by atoms with E-state index in [1.807, 2.05) is 30.9 Å². The van der Waals surface area contributed by atoms with Crippen LogP contribution in [0.1, 0.15) is 18.4 Å². The van der Waals surface area contributed by atoms with Crippen molar-refractivity contribution in [2.24, 2.45) is 0 Å². The fourth-order valence-corrected chi connectivity index (χ4v) is 6.18. The number of benzene rings is 1. The highest BCUT2D eigenvalue weighted by Gasteiger charge is 2.35. The summed E-state index contributed by atoms with van der Waals surface area (Å²) in [7, 11) is 0. The van der Waals surface area contributed by atoms with E-state index in [0.717, 1.165) is 18.0 Å². The lowest BCUT2D eigenvalue weighted by atomic mass is 10.1. The number of hydrogen-bond donors (Lipinski definition) is 0. The van der Waals surface area contributed by atoms with Crippen LogP contribution < -0.4 is 0 Å². The van der Waals surface area contributed by atoms with Gasteiger partial charge in [-0.2, -0.15) is 0 Å². The summed E-state index contributed by atoms with van der Waals surface area (Å²) in [5.41, 5.74) is 1.39. The lowest BCUT2D eigenvalue weighted by Crippen LogP contribution is -2.21. The molecule has 0 radical (unpaired) electrons. The molecule has 1 aliphatic heterocycles. The van der Waals surface area contributed by atoms with Crippen molar-refractivity contribution in [2.45, 2.75) is 29.9 Å². The average Bonchev–Trinajstić information content (AvgIpc) is 3.14. The molecule has 0 saturated carbocycles. The minimum absolute atomic E-state index is 0.342. The van der Waals surface area contributed by atoms with Crippen molar-refractivity contribution in [3.05, 3.63) is 53.6 Å². The third kappa shape index (κ3) is 4.21. The summed E-state index contributed by atoms with van der Waals surface area (Å²) < 4.78 is 2.51. The fraction of sp³-hybridized carbons (Fsp3) is 0.438. The molecule has 21 heavy (non-hydrogen) atoms. The van der Waals surface area contributed by atoms with Crippen molar-refractivity contribution in [2.75, 3.05) is 11.5 Å². The van der Waals surface area contributed by atoms with E-state index in [4.69, 9.17) is 11.6 Å². The first-order valence-corrected chi connectivity index (χ1v) is 9.59. The van der Waals surface area contributed by atoms with Gasteiger partial charge in [-0.1, -0.05) is 23.7 Å². The van der Waals surface area contributed by atoms with Gasteiger partial charge >= 0.3 is 0 Å². The van der Waals surface area contributed by atoms with E-state index in [-0.39, 0.29) is 0 Å². The van der Waals surface area contributed by atoms with Crippen LogP contribution in [0.15, 0.2) is 43.0 Å². The van der Waals surface area contributed by atoms with Crippen molar-refractivity contribution in [3.63, 3.8) is 0 Å². The summed E-state index contributed by atoms with van der Waals surface area (Å²) in [5, 5.41) is 0.819. The zero-order chi connectivity index (χ0) is 14.5. The molecule has 0 N–H and O–H groups in total. The van der Waals surface area contributed by atoms with Gasteiger partial charge in [0.25, 0.3) is 0 Å². The van der Waals surface area contributed by atoms with E-state index >= 15 is 0 Å². The highest BCUT2D eigenvalue weighted by atomic mass is 35.5. The van der Waals surface area contributed by atoms with Crippen LogP contribution in [0.25, 0.3) is 0 Å². The van der Waals surface area contributed by atoms with Gasteiger partial charge in [0.1, 0.15) is 0 Å². The molecule has 0 atom stereocenters. The summed E-state index contributed by atoms with van der Waals surface area (Å²) in [5.74, 6) is 2.53. The van der Waals surface area contributed by atoms with Crippen molar-refractivity contribution in [1.82, 2.24) is 9.55 Å². The van der Waals surface area contributed by atoms with Crippen LogP contribution in [-0.4, -0.2) is 25.1 Å². The summed E-state index contributed by atoms with van der Waals surface area (Å²) in [4.78, 5) is 4.11. The van der Waals surface area contributed by atoms with Gasteiger partial charge in [0.05, 0.1) is 10.4 Å². The molecule has 0 amide bonds. The van der Waals surface area contributed by atoms with Crippen LogP contribution in [0.3, 0.4) is 0 Å². The van der Waals surface area contributed by atoms with Gasteiger partial charge in [-0.3, -0.25) is 0 Å². The molecule has 1 saturated heterocycles. The molecule has 1 aromatic carbocycles. The standard InChI is InChI=1S/C16H19ClN2S2/c17-15-4-2-14(3-5-15)12-16(20-10-11-21-16)6-1-8-19-9-7-18-13-19/h2-5,7,9,13H,1,6,8,10-12H2. The maximum absolute atomic E-state index is 5.98. The lowest BCUT2D eigenvalue weighted by molar-refractivity contribution is 0.579. The normalized spacial score (nSPS) is 17.2. The van der Waals surface area contributed by atoms with E-state index < -0.39 is 0 Å². The molecule has 1 fully saturated rings. The molecule has 0 bridgehead atoms. The Morgan fingerprint density at radius 1 is 1.19 bits per heavy atom. The number of aryl methyl sites for hydroxylation is 1. The molecule has 0 spiro atoms. The number of imidazole rings is 1. The van der Waals surface area contributed by atoms with Crippen molar-refractivity contribution in [3.8, 4) is 0 Å². The first kappa shape index (κ1) is 15.3. The topological polar surface area (TPSA) is 17.8 Å². The van der Waals surface area contributed by atoms with Crippen molar-refractivity contribution in [1.29, 1.82) is 0 Å².